The molecule has 0 bridgehead atoms. The van der Waals surface area contributed by atoms with Crippen molar-refractivity contribution in [1.29, 1.82) is 0 Å². The molecule has 0 rings (SSSR count). The van der Waals surface area contributed by atoms with Gasteiger partial charge in [0.25, 0.3) is 0 Å². The van der Waals surface area contributed by atoms with Gasteiger partial charge in [0, 0.05) is 0 Å². The average Bonchev–Trinajstić information content (AvgIpc) is 1.46. The molecule has 0 atom stereocenters. The van der Waals surface area contributed by atoms with Crippen LogP contribution < -0.4 is 5.73 Å². The summed E-state index contributed by atoms with van der Waals surface area (Å²) in [5, 5.41) is 0. The van der Waals surface area contributed by atoms with Crippen molar-refractivity contribution in [1.82, 2.24) is 0 Å². The van der Waals surface area contributed by atoms with Crippen LogP contribution in [0.5, 0.6) is 0 Å². The zero-order chi connectivity index (χ0) is 4.71. The van der Waals surface area contributed by atoms with Gasteiger partial charge in [0.2, 0.25) is 0 Å². The molecule has 0 aliphatic carbocycles. The molecule has 0 aromatic heterocycles. The molecule has 0 heterocycles. The van der Waals surface area contributed by atoms with E-state index in [4.69, 9.17) is 19.4 Å². The first-order valence-electron chi connectivity index (χ1n) is 1.11. The summed E-state index contributed by atoms with van der Waals surface area (Å²) in [4.78, 5) is 0. The van der Waals surface area contributed by atoms with Gasteiger partial charge in [-0.15, -0.1) is 0 Å². The summed E-state index contributed by atoms with van der Waals surface area (Å²) in [5.41, 5.74) is 4.50. The van der Waals surface area contributed by atoms with Crippen molar-refractivity contribution < 1.29 is 15.1 Å². The van der Waals surface area contributed by atoms with Gasteiger partial charge in [0.05, 0.1) is 0 Å². The molecule has 5 heavy (non-hydrogen) atoms. The third-order valence-electron chi connectivity index (χ3n) is 0. The van der Waals surface area contributed by atoms with E-state index < -0.39 is 15.1 Å². The maximum absolute atomic E-state index is 4.95. The summed E-state index contributed by atoms with van der Waals surface area (Å²) in [6.45, 7) is 0. The topological polar surface area (TPSA) is 26.0 Å². The van der Waals surface area contributed by atoms with E-state index >= 15 is 0 Å². The van der Waals surface area contributed by atoms with Crippen molar-refractivity contribution in [3.05, 3.63) is 0 Å². The first kappa shape index (κ1) is 9.48. The van der Waals surface area contributed by atoms with E-state index in [1.54, 1.807) is 0 Å². The summed E-state index contributed by atoms with van der Waals surface area (Å²) >= 11 is -0.931. The van der Waals surface area contributed by atoms with Crippen LogP contribution in [0.4, 0.5) is 0 Å². The number of halogens is 2. The molecule has 0 unspecified atom stereocenters. The van der Waals surface area contributed by atoms with E-state index in [0.29, 0.717) is 0 Å². The zero-order valence-electron chi connectivity index (χ0n) is 3.04. The molecule has 0 fully saturated rings. The van der Waals surface area contributed by atoms with E-state index in [9.17, 15) is 0 Å². The summed E-state index contributed by atoms with van der Waals surface area (Å²) < 4.78 is 0. The summed E-state index contributed by atoms with van der Waals surface area (Å²) in [5.74, 6) is 0. The Morgan fingerprint density at radius 2 is 1.40 bits per heavy atom. The van der Waals surface area contributed by atoms with Crippen LogP contribution in [0, 0.1) is 0 Å². The molecule has 0 spiro atoms. The maximum atomic E-state index is 4.95. The molecule has 0 aliphatic heterocycles. The number of hydrogen-bond acceptors (Lipinski definition) is 1. The third kappa shape index (κ3) is 38.2. The van der Waals surface area contributed by atoms with Gasteiger partial charge < -0.3 is 5.73 Å². The van der Waals surface area contributed by atoms with E-state index in [1.165, 1.54) is 7.05 Å². The molecular weight excluding hydrogens is 162 g/mol. The van der Waals surface area contributed by atoms with Gasteiger partial charge in [-0.3, -0.25) is 0 Å². The molecular formula is CH5Cl2NZn. The van der Waals surface area contributed by atoms with Crippen LogP contribution in [-0.2, 0) is 15.1 Å². The third-order valence-corrected chi connectivity index (χ3v) is 0. The summed E-state index contributed by atoms with van der Waals surface area (Å²) in [6.07, 6.45) is 0. The Morgan fingerprint density at radius 1 is 1.40 bits per heavy atom. The monoisotopic (exact) mass is 165 g/mol. The van der Waals surface area contributed by atoms with Gasteiger partial charge in [0.15, 0.2) is 0 Å². The Kier molecular flexibility index (Phi) is 36.3. The normalized spacial score (nSPS) is 3.20. The molecule has 0 amide bonds. The molecule has 0 saturated heterocycles. The van der Waals surface area contributed by atoms with Gasteiger partial charge >= 0.3 is 34.5 Å². The number of hydrogen-bond donors (Lipinski definition) is 1. The van der Waals surface area contributed by atoms with E-state index in [0.717, 1.165) is 0 Å². The first-order valence-corrected chi connectivity index (χ1v) is 8.91. The quantitative estimate of drug-likeness (QED) is 0.534. The first-order chi connectivity index (χ1) is 2.41. The van der Waals surface area contributed by atoms with E-state index in [-0.39, 0.29) is 0 Å². The average molecular weight is 167 g/mol. The Labute approximate surface area is 47.5 Å². The van der Waals surface area contributed by atoms with Crippen LogP contribution in [0.15, 0.2) is 0 Å². The SMILES string of the molecule is CN.[Cl][Zn][Cl]. The molecule has 30 valence electrons. The second-order valence-corrected chi connectivity index (χ2v) is 4.72. The minimum atomic E-state index is -0.931. The van der Waals surface area contributed by atoms with Crippen LogP contribution in [0.25, 0.3) is 0 Å². The Hall–Kier alpha value is 1.16. The van der Waals surface area contributed by atoms with Crippen molar-refractivity contribution >= 4 is 19.4 Å². The van der Waals surface area contributed by atoms with Gasteiger partial charge in [-0.1, -0.05) is 0 Å². The van der Waals surface area contributed by atoms with Crippen molar-refractivity contribution in [2.24, 2.45) is 5.73 Å². The van der Waals surface area contributed by atoms with Crippen molar-refractivity contribution in [3.63, 3.8) is 0 Å². The van der Waals surface area contributed by atoms with Crippen LogP contribution in [0.3, 0.4) is 0 Å². The molecule has 0 radical (unpaired) electrons. The van der Waals surface area contributed by atoms with Gasteiger partial charge in [0.1, 0.15) is 0 Å². The van der Waals surface area contributed by atoms with Crippen LogP contribution in [0.1, 0.15) is 0 Å². The second-order valence-electron chi connectivity index (χ2n) is 0.101. The predicted molar refractivity (Wildman–Crippen MR) is 21.8 cm³/mol. The molecule has 2 N–H and O–H groups in total. The summed E-state index contributed by atoms with van der Waals surface area (Å²) in [7, 11) is 11.4. The van der Waals surface area contributed by atoms with Crippen molar-refractivity contribution in [2.75, 3.05) is 7.05 Å². The predicted octanol–water partition coefficient (Wildman–Crippen LogP) is 0.951. The van der Waals surface area contributed by atoms with Gasteiger partial charge in [-0.2, -0.15) is 0 Å². The van der Waals surface area contributed by atoms with Crippen molar-refractivity contribution in [2.45, 2.75) is 0 Å². The molecule has 0 aliphatic rings. The van der Waals surface area contributed by atoms with Crippen molar-refractivity contribution in [3.8, 4) is 0 Å². The van der Waals surface area contributed by atoms with Gasteiger partial charge in [-0.25, -0.2) is 0 Å². The summed E-state index contributed by atoms with van der Waals surface area (Å²) in [6, 6.07) is 0. The second kappa shape index (κ2) is 19.1. The zero-order valence-corrected chi connectivity index (χ0v) is 7.52. The molecule has 0 aromatic carbocycles. The molecule has 4 heteroatoms. The molecule has 0 aromatic rings. The Bertz CT molecular complexity index is 9.61. The molecule has 0 saturated carbocycles. The van der Waals surface area contributed by atoms with E-state index in [2.05, 4.69) is 5.73 Å². The Morgan fingerprint density at radius 3 is 1.40 bits per heavy atom. The van der Waals surface area contributed by atoms with Gasteiger partial charge in [-0.05, 0) is 7.05 Å². The van der Waals surface area contributed by atoms with Crippen LogP contribution in [0.2, 0.25) is 0 Å². The minimum absolute atomic E-state index is 0.931. The van der Waals surface area contributed by atoms with E-state index in [1.807, 2.05) is 0 Å². The van der Waals surface area contributed by atoms with Crippen LogP contribution in [-0.4, -0.2) is 7.05 Å². The van der Waals surface area contributed by atoms with Crippen LogP contribution >= 0.6 is 19.4 Å². The standard InChI is InChI=1S/CH5N.2ClH.Zn/c1-2;;;/h2H2,1H3;2*1H;/q;;;+2/p-2. The fourth-order valence-corrected chi connectivity index (χ4v) is 0. The fraction of sp³-hybridized carbons (Fsp3) is 1.00. The number of nitrogens with two attached hydrogens (primary N) is 1. The Balaban J connectivity index is 0. The number of rotatable bonds is 0. The fourth-order valence-electron chi connectivity index (χ4n) is 0. The molecule has 1 nitrogen and oxygen atoms in total.